The Hall–Kier alpha value is -1.59. The number of aromatic nitrogens is 1. The fraction of sp³-hybridized carbons (Fsp3) is 0.143. The Labute approximate surface area is 120 Å². The molecule has 0 aliphatic heterocycles. The number of carboxylic acids is 1. The van der Waals surface area contributed by atoms with Crippen LogP contribution in [0, 0.1) is 6.92 Å². The molecule has 0 atom stereocenters. The monoisotopic (exact) mass is 291 g/mol. The highest BCUT2D eigenvalue weighted by Gasteiger charge is 2.01. The predicted octanol–water partition coefficient (Wildman–Crippen LogP) is 3.84. The van der Waals surface area contributed by atoms with E-state index in [1.165, 1.54) is 21.8 Å². The molecule has 0 amide bonds. The predicted molar refractivity (Wildman–Crippen MR) is 79.5 cm³/mol. The van der Waals surface area contributed by atoms with Crippen molar-refractivity contribution in [2.45, 2.75) is 17.6 Å². The molecular formula is C14H13NO2S2. The van der Waals surface area contributed by atoms with Gasteiger partial charge in [-0.3, -0.25) is 0 Å². The number of aliphatic carboxylic acids is 1. The largest absolute Gasteiger partial charge is 0.478 e. The van der Waals surface area contributed by atoms with E-state index in [4.69, 9.17) is 5.11 Å². The zero-order valence-electron chi connectivity index (χ0n) is 10.4. The summed E-state index contributed by atoms with van der Waals surface area (Å²) >= 11 is 3.24. The van der Waals surface area contributed by atoms with E-state index in [0.717, 1.165) is 21.7 Å². The van der Waals surface area contributed by atoms with Gasteiger partial charge < -0.3 is 5.11 Å². The summed E-state index contributed by atoms with van der Waals surface area (Å²) in [6.07, 6.45) is 4.40. The second-order valence-corrected chi connectivity index (χ2v) is 6.13. The third-order valence-corrected chi connectivity index (χ3v) is 4.51. The van der Waals surface area contributed by atoms with E-state index < -0.39 is 5.97 Å². The van der Waals surface area contributed by atoms with Crippen LogP contribution in [0.1, 0.15) is 15.4 Å². The molecule has 1 N–H and O–H groups in total. The van der Waals surface area contributed by atoms with Crippen LogP contribution >= 0.6 is 23.1 Å². The quantitative estimate of drug-likeness (QED) is 0.671. The van der Waals surface area contributed by atoms with Crippen LogP contribution in [0.2, 0.25) is 0 Å². The number of thioether (sulfide) groups is 1. The second kappa shape index (κ2) is 6.54. The van der Waals surface area contributed by atoms with Gasteiger partial charge in [0.05, 0.1) is 5.75 Å². The Balaban J connectivity index is 1.93. The van der Waals surface area contributed by atoms with Gasteiger partial charge in [0.15, 0.2) is 0 Å². The molecule has 0 spiro atoms. The summed E-state index contributed by atoms with van der Waals surface area (Å²) in [6, 6.07) is 8.37. The molecule has 98 valence electrons. The Kier molecular flexibility index (Phi) is 4.76. The minimum absolute atomic E-state index is 0.800. The van der Waals surface area contributed by atoms with Crippen LogP contribution in [0.3, 0.4) is 0 Å². The zero-order valence-corrected chi connectivity index (χ0v) is 12.0. The highest BCUT2D eigenvalue weighted by Crippen LogP contribution is 2.25. The molecule has 0 fully saturated rings. The number of rotatable bonds is 5. The normalized spacial score (nSPS) is 11.0. The number of carbonyl (C=O) groups is 1. The van der Waals surface area contributed by atoms with Crippen LogP contribution in [0.25, 0.3) is 6.08 Å². The summed E-state index contributed by atoms with van der Waals surface area (Å²) in [7, 11) is 0. The number of carboxylic acid groups (broad SMARTS) is 1. The van der Waals surface area contributed by atoms with Gasteiger partial charge in [0, 0.05) is 22.0 Å². The van der Waals surface area contributed by atoms with Crippen molar-refractivity contribution in [2.24, 2.45) is 0 Å². The molecule has 2 aromatic rings. The molecule has 5 heteroatoms. The molecule has 0 saturated carbocycles. The number of thiazole rings is 1. The molecule has 1 aromatic heterocycles. The third kappa shape index (κ3) is 4.54. The van der Waals surface area contributed by atoms with Crippen molar-refractivity contribution in [2.75, 3.05) is 0 Å². The van der Waals surface area contributed by atoms with Gasteiger partial charge in [0.2, 0.25) is 0 Å². The van der Waals surface area contributed by atoms with Gasteiger partial charge in [-0.15, -0.1) is 23.1 Å². The average molecular weight is 291 g/mol. The van der Waals surface area contributed by atoms with Crippen LogP contribution in [0.5, 0.6) is 0 Å². The molecule has 0 bridgehead atoms. The van der Waals surface area contributed by atoms with E-state index in [-0.39, 0.29) is 0 Å². The lowest BCUT2D eigenvalue weighted by atomic mass is 10.2. The molecule has 19 heavy (non-hydrogen) atoms. The molecule has 1 heterocycles. The van der Waals surface area contributed by atoms with Gasteiger partial charge in [-0.1, -0.05) is 17.7 Å². The molecule has 0 aliphatic rings. The third-order valence-electron chi connectivity index (χ3n) is 2.34. The minimum atomic E-state index is -0.941. The lowest BCUT2D eigenvalue weighted by molar-refractivity contribution is -0.131. The smallest absolute Gasteiger partial charge is 0.328 e. The molecule has 0 saturated heterocycles. The van der Waals surface area contributed by atoms with Gasteiger partial charge in [0.25, 0.3) is 0 Å². The minimum Gasteiger partial charge on any atom is -0.478 e. The first-order valence-corrected chi connectivity index (χ1v) is 7.49. The maximum atomic E-state index is 10.4. The molecule has 2 rings (SSSR count). The van der Waals surface area contributed by atoms with E-state index in [2.05, 4.69) is 36.2 Å². The highest BCUT2D eigenvalue weighted by molar-refractivity contribution is 7.98. The topological polar surface area (TPSA) is 50.2 Å². The van der Waals surface area contributed by atoms with Crippen molar-refractivity contribution in [3.05, 3.63) is 52.0 Å². The summed E-state index contributed by atoms with van der Waals surface area (Å²) < 4.78 is 0. The van der Waals surface area contributed by atoms with Gasteiger partial charge >= 0.3 is 5.97 Å². The molecule has 0 aliphatic carbocycles. The highest BCUT2D eigenvalue weighted by atomic mass is 32.2. The van der Waals surface area contributed by atoms with Crippen molar-refractivity contribution in [1.82, 2.24) is 4.98 Å². The van der Waals surface area contributed by atoms with Crippen molar-refractivity contribution >= 4 is 35.1 Å². The van der Waals surface area contributed by atoms with Gasteiger partial charge in [0.1, 0.15) is 5.01 Å². The van der Waals surface area contributed by atoms with Crippen molar-refractivity contribution in [3.63, 3.8) is 0 Å². The molecule has 3 nitrogen and oxygen atoms in total. The summed E-state index contributed by atoms with van der Waals surface area (Å²) in [5.74, 6) is -0.141. The van der Waals surface area contributed by atoms with Crippen LogP contribution in [-0.4, -0.2) is 16.1 Å². The van der Waals surface area contributed by atoms with E-state index in [0.29, 0.717) is 0 Å². The Bertz CT molecular complexity index is 588. The van der Waals surface area contributed by atoms with Gasteiger partial charge in [-0.2, -0.15) is 0 Å². The van der Waals surface area contributed by atoms with E-state index >= 15 is 0 Å². The van der Waals surface area contributed by atoms with E-state index in [9.17, 15) is 4.79 Å². The first kappa shape index (κ1) is 13.8. The van der Waals surface area contributed by atoms with Crippen LogP contribution in [0.15, 0.2) is 41.4 Å². The molecule has 0 unspecified atom stereocenters. The number of benzene rings is 1. The van der Waals surface area contributed by atoms with Crippen LogP contribution in [0.4, 0.5) is 0 Å². The molecular weight excluding hydrogens is 278 g/mol. The number of nitrogens with zero attached hydrogens (tertiary/aromatic N) is 1. The lowest BCUT2D eigenvalue weighted by Crippen LogP contribution is -1.84. The Morgan fingerprint density at radius 3 is 2.84 bits per heavy atom. The standard InChI is InChI=1S/C14H13NO2S2/c1-10-2-4-11(5-3-10)18-9-13-15-8-12(19-13)6-7-14(16)17/h2-8H,9H2,1H3,(H,16,17)/b7-6+. The summed E-state index contributed by atoms with van der Waals surface area (Å²) in [6.45, 7) is 2.07. The summed E-state index contributed by atoms with van der Waals surface area (Å²) in [4.78, 5) is 16.8. The van der Waals surface area contributed by atoms with Gasteiger partial charge in [-0.25, -0.2) is 9.78 Å². The summed E-state index contributed by atoms with van der Waals surface area (Å²) in [5, 5.41) is 9.55. The fourth-order valence-electron chi connectivity index (χ4n) is 1.40. The van der Waals surface area contributed by atoms with E-state index in [1.54, 1.807) is 24.0 Å². The second-order valence-electron chi connectivity index (χ2n) is 3.93. The fourth-order valence-corrected chi connectivity index (χ4v) is 3.13. The van der Waals surface area contributed by atoms with Gasteiger partial charge in [-0.05, 0) is 25.1 Å². The van der Waals surface area contributed by atoms with Crippen molar-refractivity contribution in [3.8, 4) is 0 Å². The first-order chi connectivity index (χ1) is 9.13. The molecule has 1 aromatic carbocycles. The zero-order chi connectivity index (χ0) is 13.7. The first-order valence-electron chi connectivity index (χ1n) is 5.68. The number of hydrogen-bond donors (Lipinski definition) is 1. The number of hydrogen-bond acceptors (Lipinski definition) is 4. The van der Waals surface area contributed by atoms with Crippen LogP contribution < -0.4 is 0 Å². The average Bonchev–Trinajstić information content (AvgIpc) is 2.84. The number of aryl methyl sites for hydroxylation is 1. The SMILES string of the molecule is Cc1ccc(SCc2ncc(/C=C/C(=O)O)s2)cc1. The lowest BCUT2D eigenvalue weighted by Gasteiger charge is -1.99. The maximum absolute atomic E-state index is 10.4. The maximum Gasteiger partial charge on any atom is 0.328 e. The van der Waals surface area contributed by atoms with E-state index in [1.807, 2.05) is 0 Å². The van der Waals surface area contributed by atoms with Crippen molar-refractivity contribution in [1.29, 1.82) is 0 Å². The van der Waals surface area contributed by atoms with Crippen molar-refractivity contribution < 1.29 is 9.90 Å². The Morgan fingerprint density at radius 2 is 2.16 bits per heavy atom. The molecule has 0 radical (unpaired) electrons. The summed E-state index contributed by atoms with van der Waals surface area (Å²) in [5.41, 5.74) is 1.25. The van der Waals surface area contributed by atoms with Crippen LogP contribution in [-0.2, 0) is 10.5 Å². The Morgan fingerprint density at radius 1 is 1.42 bits per heavy atom.